The molecule has 1 heterocycles. The van der Waals surface area contributed by atoms with Gasteiger partial charge in [-0.3, -0.25) is 9.36 Å². The molecule has 3 aromatic rings. The van der Waals surface area contributed by atoms with E-state index in [0.717, 1.165) is 16.6 Å². The number of anilines is 1. The van der Waals surface area contributed by atoms with E-state index in [1.807, 2.05) is 42.5 Å². The summed E-state index contributed by atoms with van der Waals surface area (Å²) in [5.74, 6) is 0. The molecule has 18 heavy (non-hydrogen) atoms. The summed E-state index contributed by atoms with van der Waals surface area (Å²) in [4.78, 5) is 12.1. The first-order valence-electron chi connectivity index (χ1n) is 5.72. The molecule has 0 bridgehead atoms. The van der Waals surface area contributed by atoms with Crippen molar-refractivity contribution in [1.82, 2.24) is 4.57 Å². The maximum Gasteiger partial charge on any atom is 0.255 e. The zero-order valence-corrected chi connectivity index (χ0v) is 9.71. The largest absolute Gasteiger partial charge is 0.399 e. The third-order valence-corrected chi connectivity index (χ3v) is 2.95. The summed E-state index contributed by atoms with van der Waals surface area (Å²) >= 11 is 0. The van der Waals surface area contributed by atoms with E-state index in [-0.39, 0.29) is 5.56 Å². The summed E-state index contributed by atoms with van der Waals surface area (Å²) in [6, 6.07) is 18.5. The highest BCUT2D eigenvalue weighted by atomic mass is 16.1. The van der Waals surface area contributed by atoms with Crippen LogP contribution < -0.4 is 11.3 Å². The zero-order chi connectivity index (χ0) is 12.5. The van der Waals surface area contributed by atoms with Crippen LogP contribution in [0.1, 0.15) is 0 Å². The number of hydrogen-bond donors (Lipinski definition) is 1. The summed E-state index contributed by atoms with van der Waals surface area (Å²) in [6.07, 6.45) is 0. The van der Waals surface area contributed by atoms with Crippen molar-refractivity contribution >= 4 is 16.6 Å². The predicted molar refractivity (Wildman–Crippen MR) is 74.0 cm³/mol. The highest BCUT2D eigenvalue weighted by Gasteiger charge is 2.04. The molecule has 3 nitrogen and oxygen atoms in total. The predicted octanol–water partition coefficient (Wildman–Crippen LogP) is 2.57. The van der Waals surface area contributed by atoms with Gasteiger partial charge in [0.2, 0.25) is 0 Å². The molecule has 88 valence electrons. The van der Waals surface area contributed by atoms with Crippen molar-refractivity contribution in [3.8, 4) is 5.69 Å². The molecule has 0 saturated carbocycles. The molecule has 0 radical (unpaired) electrons. The lowest BCUT2D eigenvalue weighted by Gasteiger charge is -2.10. The van der Waals surface area contributed by atoms with Gasteiger partial charge in [-0.15, -0.1) is 0 Å². The van der Waals surface area contributed by atoms with Gasteiger partial charge in [0.25, 0.3) is 5.56 Å². The fourth-order valence-corrected chi connectivity index (χ4v) is 2.08. The molecule has 2 aromatic carbocycles. The summed E-state index contributed by atoms with van der Waals surface area (Å²) in [5.41, 5.74) is 8.03. The monoisotopic (exact) mass is 236 g/mol. The number of nitrogens with two attached hydrogens (primary N) is 1. The number of para-hydroxylation sites is 1. The fourth-order valence-electron chi connectivity index (χ4n) is 2.08. The van der Waals surface area contributed by atoms with Crippen molar-refractivity contribution < 1.29 is 0 Å². The van der Waals surface area contributed by atoms with Crippen LogP contribution in [0.15, 0.2) is 65.5 Å². The molecule has 0 atom stereocenters. The third kappa shape index (κ3) is 1.66. The number of rotatable bonds is 1. The van der Waals surface area contributed by atoms with Gasteiger partial charge in [-0.2, -0.15) is 0 Å². The van der Waals surface area contributed by atoms with E-state index in [0.29, 0.717) is 5.69 Å². The Morgan fingerprint density at radius 3 is 2.33 bits per heavy atom. The highest BCUT2D eigenvalue weighted by Crippen LogP contribution is 2.16. The van der Waals surface area contributed by atoms with Crippen LogP contribution in [-0.2, 0) is 0 Å². The van der Waals surface area contributed by atoms with E-state index < -0.39 is 0 Å². The molecule has 3 rings (SSSR count). The average molecular weight is 236 g/mol. The average Bonchev–Trinajstić information content (AvgIpc) is 2.40. The number of fused-ring (bicyclic) bond motifs is 1. The van der Waals surface area contributed by atoms with Crippen LogP contribution in [0, 0.1) is 0 Å². The Kier molecular flexibility index (Phi) is 2.38. The lowest BCUT2D eigenvalue weighted by atomic mass is 10.2. The molecular formula is C15H12N2O. The van der Waals surface area contributed by atoms with Gasteiger partial charge in [-0.1, -0.05) is 18.2 Å². The number of aromatic nitrogens is 1. The van der Waals surface area contributed by atoms with Crippen molar-refractivity contribution in [2.24, 2.45) is 0 Å². The maximum absolute atomic E-state index is 12.1. The minimum Gasteiger partial charge on any atom is -0.399 e. The van der Waals surface area contributed by atoms with E-state index >= 15 is 0 Å². The molecule has 0 aliphatic heterocycles. The highest BCUT2D eigenvalue weighted by molar-refractivity contribution is 5.80. The minimum absolute atomic E-state index is 0.0431. The van der Waals surface area contributed by atoms with E-state index in [1.54, 1.807) is 22.8 Å². The Bertz CT molecular complexity index is 757. The Balaban J connectivity index is 2.37. The van der Waals surface area contributed by atoms with Crippen LogP contribution in [0.5, 0.6) is 0 Å². The molecule has 0 saturated heterocycles. The van der Waals surface area contributed by atoms with Gasteiger partial charge in [-0.25, -0.2) is 0 Å². The van der Waals surface area contributed by atoms with Gasteiger partial charge in [0.15, 0.2) is 0 Å². The number of nitrogens with zero attached hydrogens (tertiary/aromatic N) is 1. The Morgan fingerprint density at radius 2 is 1.56 bits per heavy atom. The minimum atomic E-state index is -0.0431. The second-order valence-electron chi connectivity index (χ2n) is 4.16. The Hall–Kier alpha value is -2.55. The van der Waals surface area contributed by atoms with Crippen molar-refractivity contribution in [3.05, 3.63) is 71.0 Å². The van der Waals surface area contributed by atoms with Gasteiger partial charge in [-0.05, 0) is 41.8 Å². The summed E-state index contributed by atoms with van der Waals surface area (Å²) in [7, 11) is 0. The second kappa shape index (κ2) is 4.04. The number of pyridine rings is 1. The van der Waals surface area contributed by atoms with Gasteiger partial charge in [0, 0.05) is 17.4 Å². The summed E-state index contributed by atoms with van der Waals surface area (Å²) < 4.78 is 1.69. The van der Waals surface area contributed by atoms with Crippen molar-refractivity contribution in [3.63, 3.8) is 0 Å². The smallest absolute Gasteiger partial charge is 0.255 e. The first-order valence-corrected chi connectivity index (χ1v) is 5.72. The molecule has 0 fully saturated rings. The fraction of sp³-hybridized carbons (Fsp3) is 0. The summed E-state index contributed by atoms with van der Waals surface area (Å²) in [6.45, 7) is 0. The molecule has 3 heteroatoms. The molecule has 2 N–H and O–H groups in total. The second-order valence-corrected chi connectivity index (χ2v) is 4.16. The molecule has 0 aliphatic carbocycles. The van der Waals surface area contributed by atoms with Crippen molar-refractivity contribution in [2.45, 2.75) is 0 Å². The standard InChI is InChI=1S/C15H12N2O/c16-12-6-8-13(9-7-12)17-14-4-2-1-3-11(14)5-10-15(17)18/h1-10H,16H2. The molecular weight excluding hydrogens is 224 g/mol. The van der Waals surface area contributed by atoms with Crippen LogP contribution in [0.25, 0.3) is 16.6 Å². The van der Waals surface area contributed by atoms with Crippen LogP contribution in [0.3, 0.4) is 0 Å². The van der Waals surface area contributed by atoms with Gasteiger partial charge >= 0.3 is 0 Å². The lowest BCUT2D eigenvalue weighted by molar-refractivity contribution is 1.04. The van der Waals surface area contributed by atoms with Crippen molar-refractivity contribution in [1.29, 1.82) is 0 Å². The van der Waals surface area contributed by atoms with E-state index in [9.17, 15) is 4.79 Å². The van der Waals surface area contributed by atoms with Crippen LogP contribution in [-0.4, -0.2) is 4.57 Å². The van der Waals surface area contributed by atoms with E-state index in [4.69, 9.17) is 5.73 Å². The normalized spacial score (nSPS) is 10.7. The quantitative estimate of drug-likeness (QED) is 0.660. The summed E-state index contributed by atoms with van der Waals surface area (Å²) in [5, 5.41) is 1.04. The Morgan fingerprint density at radius 1 is 0.833 bits per heavy atom. The van der Waals surface area contributed by atoms with Crippen LogP contribution in [0.4, 0.5) is 5.69 Å². The van der Waals surface area contributed by atoms with Crippen LogP contribution >= 0.6 is 0 Å². The topological polar surface area (TPSA) is 48.0 Å². The first kappa shape index (κ1) is 10.6. The van der Waals surface area contributed by atoms with Crippen LogP contribution in [0.2, 0.25) is 0 Å². The number of nitrogen functional groups attached to an aromatic ring is 1. The van der Waals surface area contributed by atoms with Gasteiger partial charge in [0.1, 0.15) is 0 Å². The molecule has 0 unspecified atom stereocenters. The Labute approximate surface area is 104 Å². The van der Waals surface area contributed by atoms with E-state index in [1.165, 1.54) is 0 Å². The SMILES string of the molecule is Nc1ccc(-n2c(=O)ccc3ccccc32)cc1. The molecule has 0 aliphatic rings. The van der Waals surface area contributed by atoms with Gasteiger partial charge < -0.3 is 5.73 Å². The van der Waals surface area contributed by atoms with E-state index in [2.05, 4.69) is 0 Å². The van der Waals surface area contributed by atoms with Crippen molar-refractivity contribution in [2.75, 3.05) is 5.73 Å². The molecule has 0 spiro atoms. The third-order valence-electron chi connectivity index (χ3n) is 2.95. The molecule has 1 aromatic heterocycles. The molecule has 0 amide bonds. The van der Waals surface area contributed by atoms with Gasteiger partial charge in [0.05, 0.1) is 5.52 Å². The lowest BCUT2D eigenvalue weighted by Crippen LogP contribution is -2.17. The number of benzene rings is 2. The zero-order valence-electron chi connectivity index (χ0n) is 9.71. The maximum atomic E-state index is 12.1. The first-order chi connectivity index (χ1) is 8.75. The number of hydrogen-bond acceptors (Lipinski definition) is 2.